The zero-order chi connectivity index (χ0) is 12.0. The Labute approximate surface area is 93.8 Å². The standard InChI is InChI=1S/C11H14N2O3/c1-3-9(11(15)16-2)13-10(14)8-4-6-12-7-5-8/h4-7,9H,3H2,1-2H3,(H,13,14)/t9-/m1/s1. The number of aromatic nitrogens is 1. The third-order valence-corrected chi connectivity index (χ3v) is 2.14. The van der Waals surface area contributed by atoms with Crippen LogP contribution in [0.5, 0.6) is 0 Å². The quantitative estimate of drug-likeness (QED) is 0.764. The highest BCUT2D eigenvalue weighted by Crippen LogP contribution is 2.00. The van der Waals surface area contributed by atoms with Gasteiger partial charge in [0.25, 0.3) is 5.91 Å². The number of pyridine rings is 1. The molecule has 1 aromatic rings. The van der Waals surface area contributed by atoms with E-state index in [4.69, 9.17) is 0 Å². The number of hydrogen-bond acceptors (Lipinski definition) is 4. The minimum Gasteiger partial charge on any atom is -0.467 e. The van der Waals surface area contributed by atoms with Gasteiger partial charge < -0.3 is 10.1 Å². The Bertz CT molecular complexity index is 365. The third kappa shape index (κ3) is 3.05. The molecule has 86 valence electrons. The van der Waals surface area contributed by atoms with Gasteiger partial charge in [0.2, 0.25) is 0 Å². The maximum atomic E-state index is 11.7. The van der Waals surface area contributed by atoms with Crippen molar-refractivity contribution >= 4 is 11.9 Å². The molecule has 5 heteroatoms. The topological polar surface area (TPSA) is 68.3 Å². The van der Waals surface area contributed by atoms with Gasteiger partial charge in [0, 0.05) is 18.0 Å². The van der Waals surface area contributed by atoms with Crippen molar-refractivity contribution in [2.75, 3.05) is 7.11 Å². The van der Waals surface area contributed by atoms with E-state index in [2.05, 4.69) is 15.0 Å². The Morgan fingerprint density at radius 2 is 2.06 bits per heavy atom. The lowest BCUT2D eigenvalue weighted by molar-refractivity contribution is -0.142. The smallest absolute Gasteiger partial charge is 0.328 e. The van der Waals surface area contributed by atoms with Gasteiger partial charge in [-0.3, -0.25) is 9.78 Å². The van der Waals surface area contributed by atoms with E-state index in [1.807, 2.05) is 0 Å². The van der Waals surface area contributed by atoms with Crippen molar-refractivity contribution in [1.29, 1.82) is 0 Å². The molecule has 0 fully saturated rings. The van der Waals surface area contributed by atoms with E-state index in [0.29, 0.717) is 12.0 Å². The monoisotopic (exact) mass is 222 g/mol. The third-order valence-electron chi connectivity index (χ3n) is 2.14. The van der Waals surface area contributed by atoms with Gasteiger partial charge in [0.15, 0.2) is 0 Å². The number of nitrogens with one attached hydrogen (secondary N) is 1. The molecule has 0 aromatic carbocycles. The van der Waals surface area contributed by atoms with Crippen LogP contribution in [0.4, 0.5) is 0 Å². The summed E-state index contributed by atoms with van der Waals surface area (Å²) < 4.78 is 4.57. The largest absolute Gasteiger partial charge is 0.467 e. The number of rotatable bonds is 4. The summed E-state index contributed by atoms with van der Waals surface area (Å²) in [6, 6.07) is 2.56. The zero-order valence-electron chi connectivity index (χ0n) is 9.27. The van der Waals surface area contributed by atoms with Crippen LogP contribution >= 0.6 is 0 Å². The molecule has 0 unspecified atom stereocenters. The summed E-state index contributed by atoms with van der Waals surface area (Å²) in [4.78, 5) is 26.8. The summed E-state index contributed by atoms with van der Waals surface area (Å²) >= 11 is 0. The minimum atomic E-state index is -0.606. The molecule has 0 aliphatic carbocycles. The molecule has 5 nitrogen and oxygen atoms in total. The number of ether oxygens (including phenoxy) is 1. The molecule has 0 saturated carbocycles. The van der Waals surface area contributed by atoms with Gasteiger partial charge in [-0.25, -0.2) is 4.79 Å². The fourth-order valence-electron chi connectivity index (χ4n) is 1.21. The minimum absolute atomic E-state index is 0.306. The second-order valence-electron chi connectivity index (χ2n) is 3.19. The predicted octanol–water partition coefficient (Wildman–Crippen LogP) is 0.763. The first-order chi connectivity index (χ1) is 7.69. The Kier molecular flexibility index (Phi) is 4.44. The van der Waals surface area contributed by atoms with Crippen LogP contribution in [-0.4, -0.2) is 30.0 Å². The molecule has 1 atom stereocenters. The average Bonchev–Trinajstić information content (AvgIpc) is 2.35. The van der Waals surface area contributed by atoms with Gasteiger partial charge in [-0.2, -0.15) is 0 Å². The lowest BCUT2D eigenvalue weighted by atomic mass is 10.2. The molecule has 1 N–H and O–H groups in total. The molecule has 0 aliphatic rings. The second kappa shape index (κ2) is 5.85. The van der Waals surface area contributed by atoms with Crippen molar-refractivity contribution in [2.45, 2.75) is 19.4 Å². The van der Waals surface area contributed by atoms with Crippen LogP contribution in [0.25, 0.3) is 0 Å². The number of methoxy groups -OCH3 is 1. The van der Waals surface area contributed by atoms with E-state index in [9.17, 15) is 9.59 Å². The summed E-state index contributed by atoms with van der Waals surface area (Å²) in [5.74, 6) is -0.746. The molecule has 0 saturated heterocycles. The Morgan fingerprint density at radius 1 is 1.44 bits per heavy atom. The van der Waals surface area contributed by atoms with Crippen LogP contribution in [0.2, 0.25) is 0 Å². The fraction of sp³-hybridized carbons (Fsp3) is 0.364. The van der Waals surface area contributed by atoms with Crippen LogP contribution in [-0.2, 0) is 9.53 Å². The summed E-state index contributed by atoms with van der Waals surface area (Å²) in [5, 5.41) is 2.59. The normalized spacial score (nSPS) is 11.6. The fourth-order valence-corrected chi connectivity index (χ4v) is 1.21. The van der Waals surface area contributed by atoms with Crippen molar-refractivity contribution in [3.05, 3.63) is 30.1 Å². The van der Waals surface area contributed by atoms with Gasteiger partial charge in [-0.05, 0) is 18.6 Å². The number of carbonyl (C=O) groups is 2. The predicted molar refractivity (Wildman–Crippen MR) is 57.8 cm³/mol. The Morgan fingerprint density at radius 3 is 2.56 bits per heavy atom. The highest BCUT2D eigenvalue weighted by Gasteiger charge is 2.19. The lowest BCUT2D eigenvalue weighted by Gasteiger charge is -2.14. The molecule has 0 radical (unpaired) electrons. The molecule has 1 rings (SSSR count). The number of hydrogen-bond donors (Lipinski definition) is 1. The molecule has 16 heavy (non-hydrogen) atoms. The van der Waals surface area contributed by atoms with E-state index < -0.39 is 12.0 Å². The van der Waals surface area contributed by atoms with E-state index in [0.717, 1.165) is 0 Å². The average molecular weight is 222 g/mol. The van der Waals surface area contributed by atoms with Crippen molar-refractivity contribution in [2.24, 2.45) is 0 Å². The molecule has 0 spiro atoms. The van der Waals surface area contributed by atoms with Gasteiger partial charge in [-0.1, -0.05) is 6.92 Å². The van der Waals surface area contributed by atoms with Crippen molar-refractivity contribution < 1.29 is 14.3 Å². The number of esters is 1. The van der Waals surface area contributed by atoms with Gasteiger partial charge >= 0.3 is 5.97 Å². The van der Waals surface area contributed by atoms with Crippen molar-refractivity contribution in [3.63, 3.8) is 0 Å². The van der Waals surface area contributed by atoms with E-state index in [-0.39, 0.29) is 5.91 Å². The summed E-state index contributed by atoms with van der Waals surface area (Å²) in [5.41, 5.74) is 0.470. The second-order valence-corrected chi connectivity index (χ2v) is 3.19. The summed E-state index contributed by atoms with van der Waals surface area (Å²) in [6.45, 7) is 1.80. The van der Waals surface area contributed by atoms with E-state index >= 15 is 0 Å². The zero-order valence-corrected chi connectivity index (χ0v) is 9.27. The first-order valence-electron chi connectivity index (χ1n) is 4.97. The first kappa shape index (κ1) is 12.2. The summed E-state index contributed by atoms with van der Waals surface area (Å²) in [7, 11) is 1.30. The molecular formula is C11H14N2O3. The van der Waals surface area contributed by atoms with Gasteiger partial charge in [0.05, 0.1) is 7.11 Å². The Balaban J connectivity index is 2.66. The van der Waals surface area contributed by atoms with Gasteiger partial charge in [-0.15, -0.1) is 0 Å². The SMILES string of the molecule is CC[C@@H](NC(=O)c1ccncc1)C(=O)OC. The van der Waals surface area contributed by atoms with E-state index in [1.54, 1.807) is 19.1 Å². The Hall–Kier alpha value is -1.91. The molecule has 1 heterocycles. The highest BCUT2D eigenvalue weighted by atomic mass is 16.5. The summed E-state index contributed by atoms with van der Waals surface area (Å²) in [6.07, 6.45) is 3.53. The van der Waals surface area contributed by atoms with Crippen LogP contribution in [0.15, 0.2) is 24.5 Å². The first-order valence-corrected chi connectivity index (χ1v) is 4.97. The van der Waals surface area contributed by atoms with E-state index in [1.165, 1.54) is 19.5 Å². The maximum absolute atomic E-state index is 11.7. The van der Waals surface area contributed by atoms with Crippen LogP contribution in [0.1, 0.15) is 23.7 Å². The number of nitrogens with zero attached hydrogens (tertiary/aromatic N) is 1. The van der Waals surface area contributed by atoms with Crippen LogP contribution < -0.4 is 5.32 Å². The van der Waals surface area contributed by atoms with Crippen molar-refractivity contribution in [3.8, 4) is 0 Å². The van der Waals surface area contributed by atoms with Gasteiger partial charge in [0.1, 0.15) is 6.04 Å². The molecule has 1 amide bonds. The molecule has 0 aliphatic heterocycles. The number of carbonyl (C=O) groups excluding carboxylic acids is 2. The molecule has 1 aromatic heterocycles. The highest BCUT2D eigenvalue weighted by molar-refractivity contribution is 5.96. The number of amides is 1. The maximum Gasteiger partial charge on any atom is 0.328 e. The molecular weight excluding hydrogens is 208 g/mol. The lowest BCUT2D eigenvalue weighted by Crippen LogP contribution is -2.41. The van der Waals surface area contributed by atoms with Crippen molar-refractivity contribution in [1.82, 2.24) is 10.3 Å². The van der Waals surface area contributed by atoms with Crippen LogP contribution in [0, 0.1) is 0 Å². The molecule has 0 bridgehead atoms. The van der Waals surface area contributed by atoms with Crippen LogP contribution in [0.3, 0.4) is 0 Å².